The zero-order chi connectivity index (χ0) is 27.0. The van der Waals surface area contributed by atoms with Crippen LogP contribution in [0, 0.1) is 13.8 Å². The van der Waals surface area contributed by atoms with Crippen molar-refractivity contribution in [1.82, 2.24) is 10.2 Å². The van der Waals surface area contributed by atoms with E-state index in [-0.39, 0.29) is 12.5 Å². The number of unbranched alkanes of at least 4 members (excludes halogenated alkanes) is 1. The van der Waals surface area contributed by atoms with Gasteiger partial charge in [-0.2, -0.15) is 0 Å². The Balaban J connectivity index is 2.46. The van der Waals surface area contributed by atoms with Crippen molar-refractivity contribution in [1.29, 1.82) is 0 Å². The lowest BCUT2D eigenvalue weighted by molar-refractivity contribution is -0.140. The van der Waals surface area contributed by atoms with Gasteiger partial charge in [-0.3, -0.25) is 13.9 Å². The first-order valence-corrected chi connectivity index (χ1v) is 14.6. The molecule has 2 aromatic rings. The van der Waals surface area contributed by atoms with Gasteiger partial charge in [0.05, 0.1) is 22.0 Å². The van der Waals surface area contributed by atoms with Crippen molar-refractivity contribution in [3.63, 3.8) is 0 Å². The lowest BCUT2D eigenvalue weighted by atomic mass is 10.1. The molecule has 198 valence electrons. The lowest BCUT2D eigenvalue weighted by Crippen LogP contribution is -2.52. The number of nitrogens with one attached hydrogen (secondary N) is 1. The highest BCUT2D eigenvalue weighted by Crippen LogP contribution is 2.26. The Kier molecular flexibility index (Phi) is 11.1. The maximum Gasteiger partial charge on any atom is 0.244 e. The first-order chi connectivity index (χ1) is 16.9. The SMILES string of the molecule is CCCCNC(=O)[C@H](CC)N(Cc1ccc(Cl)c(Cl)c1)C(=O)CN(c1ccc(C)cc1C)S(C)(=O)=O. The third kappa shape index (κ3) is 8.11. The van der Waals surface area contributed by atoms with Crippen LogP contribution >= 0.6 is 23.2 Å². The number of halogens is 2. The van der Waals surface area contributed by atoms with Crippen molar-refractivity contribution in [3.05, 3.63) is 63.1 Å². The van der Waals surface area contributed by atoms with E-state index in [1.54, 1.807) is 37.3 Å². The summed E-state index contributed by atoms with van der Waals surface area (Å²) in [6.07, 6.45) is 3.16. The van der Waals surface area contributed by atoms with Gasteiger partial charge in [-0.1, -0.05) is 67.2 Å². The molecule has 0 aliphatic rings. The number of hydrogen-bond donors (Lipinski definition) is 1. The molecule has 0 heterocycles. The van der Waals surface area contributed by atoms with Crippen molar-refractivity contribution >= 4 is 50.7 Å². The summed E-state index contributed by atoms with van der Waals surface area (Å²) in [5.74, 6) is -0.777. The van der Waals surface area contributed by atoms with Crippen LogP contribution in [0.1, 0.15) is 49.8 Å². The Labute approximate surface area is 224 Å². The Morgan fingerprint density at radius 1 is 1.03 bits per heavy atom. The Morgan fingerprint density at radius 2 is 1.72 bits per heavy atom. The van der Waals surface area contributed by atoms with Crippen LogP contribution in [0.4, 0.5) is 5.69 Å². The van der Waals surface area contributed by atoms with E-state index >= 15 is 0 Å². The fraction of sp³-hybridized carbons (Fsp3) is 0.462. The van der Waals surface area contributed by atoms with Crippen molar-refractivity contribution in [2.45, 2.75) is 59.5 Å². The summed E-state index contributed by atoms with van der Waals surface area (Å²) >= 11 is 12.2. The van der Waals surface area contributed by atoms with Crippen molar-refractivity contribution in [2.75, 3.05) is 23.7 Å². The fourth-order valence-corrected chi connectivity index (χ4v) is 5.17. The quantitative estimate of drug-likeness (QED) is 0.369. The smallest absolute Gasteiger partial charge is 0.244 e. The number of amides is 2. The molecule has 10 heteroatoms. The summed E-state index contributed by atoms with van der Waals surface area (Å²) in [7, 11) is -3.79. The summed E-state index contributed by atoms with van der Waals surface area (Å²) in [4.78, 5) is 28.2. The highest BCUT2D eigenvalue weighted by atomic mass is 35.5. The van der Waals surface area contributed by atoms with Crippen LogP contribution in [0.25, 0.3) is 0 Å². The Morgan fingerprint density at radius 3 is 2.28 bits per heavy atom. The van der Waals surface area contributed by atoms with Gasteiger partial charge >= 0.3 is 0 Å². The normalized spacial score (nSPS) is 12.2. The van der Waals surface area contributed by atoms with Crippen molar-refractivity contribution < 1.29 is 18.0 Å². The monoisotopic (exact) mass is 555 g/mol. The van der Waals surface area contributed by atoms with Gasteiger partial charge < -0.3 is 10.2 Å². The minimum Gasteiger partial charge on any atom is -0.354 e. The largest absolute Gasteiger partial charge is 0.354 e. The number of aryl methyl sites for hydroxylation is 2. The van der Waals surface area contributed by atoms with E-state index in [9.17, 15) is 18.0 Å². The van der Waals surface area contributed by atoms with E-state index in [0.29, 0.717) is 34.3 Å². The molecule has 0 fully saturated rings. The number of rotatable bonds is 12. The summed E-state index contributed by atoms with van der Waals surface area (Å²) in [6.45, 7) is 7.68. The maximum absolute atomic E-state index is 13.7. The molecule has 0 aliphatic carbocycles. The predicted molar refractivity (Wildman–Crippen MR) is 147 cm³/mol. The number of hydrogen-bond acceptors (Lipinski definition) is 4. The van der Waals surface area contributed by atoms with E-state index in [1.165, 1.54) is 4.90 Å². The van der Waals surface area contributed by atoms with Gasteiger partial charge in [0.1, 0.15) is 12.6 Å². The number of carbonyl (C=O) groups excluding carboxylic acids is 2. The zero-order valence-electron chi connectivity index (χ0n) is 21.5. The standard InChI is InChI=1S/C26H35Cl2N3O4S/c1-6-8-13-29-26(33)23(7-2)30(16-20-10-11-21(27)22(28)15-20)25(32)17-31(36(5,34)35)24-12-9-18(3)14-19(24)4/h9-12,14-15,23H,6-8,13,16-17H2,1-5H3,(H,29,33)/t23-/m0/s1. The average molecular weight is 557 g/mol. The van der Waals surface area contributed by atoms with Crippen molar-refractivity contribution in [2.24, 2.45) is 0 Å². The minimum atomic E-state index is -3.79. The van der Waals surface area contributed by atoms with Crippen LogP contribution in [0.5, 0.6) is 0 Å². The number of carbonyl (C=O) groups is 2. The van der Waals surface area contributed by atoms with Crippen LogP contribution in [0.2, 0.25) is 10.0 Å². The molecule has 0 saturated heterocycles. The minimum absolute atomic E-state index is 0.0694. The molecule has 0 spiro atoms. The molecule has 0 saturated carbocycles. The van der Waals surface area contributed by atoms with E-state index < -0.39 is 28.5 Å². The summed E-state index contributed by atoms with van der Waals surface area (Å²) in [6, 6.07) is 9.57. The van der Waals surface area contributed by atoms with E-state index in [1.807, 2.05) is 26.8 Å². The molecule has 0 radical (unpaired) electrons. The fourth-order valence-electron chi connectivity index (χ4n) is 3.94. The molecule has 2 amide bonds. The Bertz CT molecular complexity index is 1190. The second-order valence-corrected chi connectivity index (χ2v) is 11.6. The molecule has 2 rings (SSSR count). The number of nitrogens with zero attached hydrogens (tertiary/aromatic N) is 2. The first-order valence-electron chi connectivity index (χ1n) is 11.9. The van der Waals surface area contributed by atoms with Crippen LogP contribution in [-0.4, -0.2) is 50.5 Å². The van der Waals surface area contributed by atoms with Gasteiger partial charge in [0.2, 0.25) is 21.8 Å². The molecule has 36 heavy (non-hydrogen) atoms. The molecule has 1 atom stereocenters. The van der Waals surface area contributed by atoms with Gasteiger partial charge in [0.25, 0.3) is 0 Å². The van der Waals surface area contributed by atoms with Gasteiger partial charge in [-0.05, 0) is 56.0 Å². The van der Waals surface area contributed by atoms with Gasteiger partial charge in [0, 0.05) is 13.1 Å². The van der Waals surface area contributed by atoms with Crippen LogP contribution < -0.4 is 9.62 Å². The molecular weight excluding hydrogens is 521 g/mol. The second kappa shape index (κ2) is 13.3. The van der Waals surface area contributed by atoms with Crippen LogP contribution in [0.3, 0.4) is 0 Å². The average Bonchev–Trinajstić information content (AvgIpc) is 2.79. The third-order valence-electron chi connectivity index (χ3n) is 5.85. The van der Waals surface area contributed by atoms with Gasteiger partial charge in [-0.25, -0.2) is 8.42 Å². The highest BCUT2D eigenvalue weighted by Gasteiger charge is 2.32. The van der Waals surface area contributed by atoms with Crippen LogP contribution in [0.15, 0.2) is 36.4 Å². The molecule has 2 aromatic carbocycles. The molecule has 1 N–H and O–H groups in total. The highest BCUT2D eigenvalue weighted by molar-refractivity contribution is 7.92. The summed E-state index contributed by atoms with van der Waals surface area (Å²) in [5.41, 5.74) is 2.81. The van der Waals surface area contributed by atoms with Crippen LogP contribution in [-0.2, 0) is 26.2 Å². The molecular formula is C26H35Cl2N3O4S. The first kappa shape index (κ1) is 29.9. The zero-order valence-corrected chi connectivity index (χ0v) is 23.8. The third-order valence-corrected chi connectivity index (χ3v) is 7.72. The van der Waals surface area contributed by atoms with Gasteiger partial charge in [-0.15, -0.1) is 0 Å². The molecule has 0 aromatic heterocycles. The molecule has 0 bridgehead atoms. The number of sulfonamides is 1. The van der Waals surface area contributed by atoms with E-state index in [4.69, 9.17) is 23.2 Å². The number of anilines is 1. The molecule has 7 nitrogen and oxygen atoms in total. The molecule has 0 unspecified atom stereocenters. The molecule has 0 aliphatic heterocycles. The summed E-state index contributed by atoms with van der Waals surface area (Å²) in [5, 5.41) is 3.60. The lowest BCUT2D eigenvalue weighted by Gasteiger charge is -2.33. The van der Waals surface area contributed by atoms with E-state index in [2.05, 4.69) is 5.32 Å². The predicted octanol–water partition coefficient (Wildman–Crippen LogP) is 5.10. The van der Waals surface area contributed by atoms with E-state index in [0.717, 1.165) is 34.5 Å². The maximum atomic E-state index is 13.7. The second-order valence-electron chi connectivity index (χ2n) is 8.90. The van der Waals surface area contributed by atoms with Gasteiger partial charge in [0.15, 0.2) is 0 Å². The number of benzene rings is 2. The summed E-state index contributed by atoms with van der Waals surface area (Å²) < 4.78 is 26.6. The Hall–Kier alpha value is -2.29. The van der Waals surface area contributed by atoms with Crippen molar-refractivity contribution in [3.8, 4) is 0 Å². The topological polar surface area (TPSA) is 86.8 Å².